The average molecular weight is 543 g/mol. The number of hydrazone groups is 1. The van der Waals surface area contributed by atoms with Gasteiger partial charge in [-0.2, -0.15) is 5.10 Å². The van der Waals surface area contributed by atoms with Crippen molar-refractivity contribution in [2.45, 2.75) is 29.5 Å². The number of hydrogen-bond acceptors (Lipinski definition) is 8. The molecule has 2 aliphatic rings. The molecule has 5 rings (SSSR count). The van der Waals surface area contributed by atoms with Crippen molar-refractivity contribution < 1.29 is 14.4 Å². The summed E-state index contributed by atoms with van der Waals surface area (Å²) < 4.78 is 11.0. The first-order valence-electron chi connectivity index (χ1n) is 10.8. The predicted molar refractivity (Wildman–Crippen MR) is 135 cm³/mol. The monoisotopic (exact) mass is 542 g/mol. The standard InChI is InChI=1S/C24H23BrN4O4S/c1-32-18-9-8-15(12-19(18)33-2)17-13-16(20-10-11-21(34-20)29(30)31)26-24-22(25)23(27-28(17)24)14-6-4-3-5-7-14/h3-12,16-17,22,24,26H,13H2,1-2H3. The largest absolute Gasteiger partial charge is 0.493 e. The quantitative estimate of drug-likeness (QED) is 0.259. The zero-order chi connectivity index (χ0) is 23.8. The molecule has 3 heterocycles. The lowest BCUT2D eigenvalue weighted by Gasteiger charge is -2.42. The minimum atomic E-state index is -0.339. The third kappa shape index (κ3) is 4.06. The number of nitrogens with zero attached hydrogens (tertiary/aromatic N) is 3. The second-order valence-electron chi connectivity index (χ2n) is 8.10. The van der Waals surface area contributed by atoms with Crippen molar-refractivity contribution in [2.75, 3.05) is 14.2 Å². The SMILES string of the molecule is COc1ccc(C2CC(c3ccc([N+](=O)[O-])s3)NC3C(Br)C(c4ccccc4)=NN23)cc1OC. The first kappa shape index (κ1) is 22.8. The number of hydrogen-bond donors (Lipinski definition) is 1. The fraction of sp³-hybridized carbons (Fsp3) is 0.292. The van der Waals surface area contributed by atoms with Crippen LogP contribution in [0.2, 0.25) is 0 Å². The Morgan fingerprint density at radius 3 is 2.56 bits per heavy atom. The fourth-order valence-corrected chi connectivity index (χ4v) is 6.20. The van der Waals surface area contributed by atoms with E-state index in [1.165, 1.54) is 11.3 Å². The van der Waals surface area contributed by atoms with E-state index in [-0.39, 0.29) is 33.0 Å². The van der Waals surface area contributed by atoms with Gasteiger partial charge in [0.1, 0.15) is 6.17 Å². The number of halogens is 1. The summed E-state index contributed by atoms with van der Waals surface area (Å²) in [6.45, 7) is 0. The Hall–Kier alpha value is -2.95. The van der Waals surface area contributed by atoms with Gasteiger partial charge in [-0.3, -0.25) is 20.4 Å². The maximum Gasteiger partial charge on any atom is 0.324 e. The van der Waals surface area contributed by atoms with Crippen molar-refractivity contribution in [1.82, 2.24) is 10.3 Å². The molecule has 0 aliphatic carbocycles. The van der Waals surface area contributed by atoms with Crippen LogP contribution >= 0.6 is 27.3 Å². The lowest BCUT2D eigenvalue weighted by atomic mass is 9.93. The molecule has 1 N–H and O–H groups in total. The van der Waals surface area contributed by atoms with Gasteiger partial charge in [-0.05, 0) is 35.7 Å². The summed E-state index contributed by atoms with van der Waals surface area (Å²) in [6.07, 6.45) is 0.558. The van der Waals surface area contributed by atoms with Gasteiger partial charge < -0.3 is 9.47 Å². The molecule has 34 heavy (non-hydrogen) atoms. The Balaban J connectivity index is 1.56. The number of benzene rings is 2. The Labute approximate surface area is 209 Å². The van der Waals surface area contributed by atoms with E-state index in [1.807, 2.05) is 42.5 Å². The topological polar surface area (TPSA) is 89.2 Å². The lowest BCUT2D eigenvalue weighted by Crippen LogP contribution is -2.53. The summed E-state index contributed by atoms with van der Waals surface area (Å²) in [7, 11) is 3.24. The van der Waals surface area contributed by atoms with E-state index in [4.69, 9.17) is 14.6 Å². The van der Waals surface area contributed by atoms with E-state index in [0.29, 0.717) is 17.9 Å². The molecule has 2 aromatic carbocycles. The van der Waals surface area contributed by atoms with Crippen LogP contribution in [0.1, 0.15) is 34.5 Å². The van der Waals surface area contributed by atoms with Crippen LogP contribution in [0.25, 0.3) is 0 Å². The van der Waals surface area contributed by atoms with Crippen molar-refractivity contribution in [3.8, 4) is 11.5 Å². The van der Waals surface area contributed by atoms with Crippen LogP contribution < -0.4 is 14.8 Å². The minimum Gasteiger partial charge on any atom is -0.493 e. The summed E-state index contributed by atoms with van der Waals surface area (Å²) in [5.74, 6) is 1.32. The molecule has 1 aromatic heterocycles. The Bertz CT molecular complexity index is 1230. The van der Waals surface area contributed by atoms with Crippen LogP contribution in [0.5, 0.6) is 11.5 Å². The molecule has 2 aliphatic heterocycles. The molecule has 0 spiro atoms. The van der Waals surface area contributed by atoms with E-state index in [0.717, 1.165) is 21.7 Å². The molecule has 0 bridgehead atoms. The number of rotatable bonds is 6. The third-order valence-electron chi connectivity index (χ3n) is 6.19. The maximum absolute atomic E-state index is 11.3. The zero-order valence-electron chi connectivity index (χ0n) is 18.6. The van der Waals surface area contributed by atoms with E-state index >= 15 is 0 Å². The molecule has 0 radical (unpaired) electrons. The van der Waals surface area contributed by atoms with Crippen molar-refractivity contribution in [3.63, 3.8) is 0 Å². The molecule has 3 aromatic rings. The molecule has 1 saturated heterocycles. The summed E-state index contributed by atoms with van der Waals surface area (Å²) in [5, 5.41) is 22.2. The first-order valence-corrected chi connectivity index (χ1v) is 12.5. The van der Waals surface area contributed by atoms with Crippen LogP contribution in [0.15, 0.2) is 65.8 Å². The highest BCUT2D eigenvalue weighted by molar-refractivity contribution is 9.10. The lowest BCUT2D eigenvalue weighted by molar-refractivity contribution is -0.380. The first-order chi connectivity index (χ1) is 16.5. The molecular formula is C24H23BrN4O4S. The summed E-state index contributed by atoms with van der Waals surface area (Å²) in [6, 6.07) is 19.3. The smallest absolute Gasteiger partial charge is 0.324 e. The molecule has 0 saturated carbocycles. The fourth-order valence-electron chi connectivity index (χ4n) is 4.56. The van der Waals surface area contributed by atoms with E-state index in [2.05, 4.69) is 38.4 Å². The molecule has 4 unspecified atom stereocenters. The normalized spacial score (nSPS) is 23.9. The van der Waals surface area contributed by atoms with Gasteiger partial charge in [0.15, 0.2) is 11.5 Å². The van der Waals surface area contributed by atoms with Gasteiger partial charge in [-0.25, -0.2) is 0 Å². The van der Waals surface area contributed by atoms with E-state index < -0.39 is 0 Å². The predicted octanol–water partition coefficient (Wildman–Crippen LogP) is 5.26. The number of methoxy groups -OCH3 is 2. The van der Waals surface area contributed by atoms with Crippen LogP contribution in [-0.4, -0.2) is 40.9 Å². The number of fused-ring (bicyclic) bond motifs is 1. The van der Waals surface area contributed by atoms with Crippen molar-refractivity contribution in [1.29, 1.82) is 0 Å². The number of alkyl halides is 1. The van der Waals surface area contributed by atoms with Crippen molar-refractivity contribution in [2.24, 2.45) is 5.10 Å². The highest BCUT2D eigenvalue weighted by Gasteiger charge is 2.46. The number of ether oxygens (including phenoxy) is 2. The van der Waals surface area contributed by atoms with Gasteiger partial charge in [-0.1, -0.05) is 63.7 Å². The third-order valence-corrected chi connectivity index (χ3v) is 8.28. The van der Waals surface area contributed by atoms with Crippen LogP contribution in [-0.2, 0) is 0 Å². The highest BCUT2D eigenvalue weighted by Crippen LogP contribution is 2.45. The Morgan fingerprint density at radius 1 is 1.12 bits per heavy atom. The second kappa shape index (κ2) is 9.36. The average Bonchev–Trinajstić information content (AvgIpc) is 3.49. The summed E-state index contributed by atoms with van der Waals surface area (Å²) in [5.41, 5.74) is 3.04. The molecule has 1 fully saturated rings. The van der Waals surface area contributed by atoms with E-state index in [1.54, 1.807) is 20.3 Å². The molecule has 4 atom stereocenters. The van der Waals surface area contributed by atoms with Crippen molar-refractivity contribution in [3.05, 3.63) is 86.8 Å². The summed E-state index contributed by atoms with van der Waals surface area (Å²) in [4.78, 5) is 11.8. The highest BCUT2D eigenvalue weighted by atomic mass is 79.9. The van der Waals surface area contributed by atoms with Gasteiger partial charge in [0, 0.05) is 17.0 Å². The van der Waals surface area contributed by atoms with Gasteiger partial charge in [-0.15, -0.1) is 0 Å². The Kier molecular flexibility index (Phi) is 6.28. The molecular weight excluding hydrogens is 520 g/mol. The molecule has 0 amide bonds. The van der Waals surface area contributed by atoms with Gasteiger partial charge in [0.05, 0.1) is 35.7 Å². The number of thiophene rings is 1. The van der Waals surface area contributed by atoms with Crippen LogP contribution in [0.3, 0.4) is 0 Å². The Morgan fingerprint density at radius 2 is 1.88 bits per heavy atom. The van der Waals surface area contributed by atoms with Gasteiger partial charge in [0.25, 0.3) is 0 Å². The van der Waals surface area contributed by atoms with Crippen molar-refractivity contribution >= 4 is 38.0 Å². The van der Waals surface area contributed by atoms with Gasteiger partial charge in [0.2, 0.25) is 0 Å². The van der Waals surface area contributed by atoms with E-state index in [9.17, 15) is 10.1 Å². The molecule has 10 heteroatoms. The summed E-state index contributed by atoms with van der Waals surface area (Å²) >= 11 is 5.09. The minimum absolute atomic E-state index is 0.0599. The van der Waals surface area contributed by atoms with Gasteiger partial charge >= 0.3 is 5.00 Å². The zero-order valence-corrected chi connectivity index (χ0v) is 21.0. The second-order valence-corrected chi connectivity index (χ2v) is 10.2. The maximum atomic E-state index is 11.3. The molecule has 8 nitrogen and oxygen atoms in total. The molecule has 176 valence electrons. The van der Waals surface area contributed by atoms with Crippen LogP contribution in [0, 0.1) is 10.1 Å². The number of nitro groups is 1. The number of nitrogens with one attached hydrogen (secondary N) is 1. The van der Waals surface area contributed by atoms with Crippen LogP contribution in [0.4, 0.5) is 5.00 Å².